The maximum atomic E-state index is 13.4. The van der Waals surface area contributed by atoms with Crippen LogP contribution in [0.15, 0.2) is 36.4 Å². The molecule has 1 aromatic heterocycles. The van der Waals surface area contributed by atoms with Crippen LogP contribution in [0.5, 0.6) is 0 Å². The van der Waals surface area contributed by atoms with Crippen LogP contribution in [0.25, 0.3) is 16.7 Å². The van der Waals surface area contributed by atoms with E-state index in [1.54, 1.807) is 25.1 Å². The fourth-order valence-electron chi connectivity index (χ4n) is 2.12. The van der Waals surface area contributed by atoms with Crippen LogP contribution in [-0.4, -0.2) is 26.1 Å². The number of carbonyl (C=O) groups is 1. The predicted octanol–water partition coefficient (Wildman–Crippen LogP) is 2.57. The van der Waals surface area contributed by atoms with E-state index in [2.05, 4.69) is 10.3 Å². The highest BCUT2D eigenvalue weighted by Crippen LogP contribution is 2.23. The number of hydrogen-bond donors (Lipinski definition) is 1. The molecule has 0 unspecified atom stereocenters. The van der Waals surface area contributed by atoms with Gasteiger partial charge < -0.3 is 5.11 Å². The number of para-hydroxylation sites is 1. The Kier molecular flexibility index (Phi) is 2.71. The number of hydrogen-bond acceptors (Lipinski definition) is 3. The summed E-state index contributed by atoms with van der Waals surface area (Å²) in [5.41, 5.74) is 2.14. The smallest absolute Gasteiger partial charge is 0.337 e. The Balaban J connectivity index is 2.37. The number of aromatic nitrogens is 3. The Bertz CT molecular complexity index is 826. The summed E-state index contributed by atoms with van der Waals surface area (Å²) in [5, 5.41) is 17.1. The summed E-state index contributed by atoms with van der Waals surface area (Å²) in [7, 11) is 0. The zero-order valence-electron chi connectivity index (χ0n) is 10.5. The van der Waals surface area contributed by atoms with Gasteiger partial charge in [0.15, 0.2) is 0 Å². The minimum atomic E-state index is -1.08. The fraction of sp³-hybridized carbons (Fsp3) is 0.0714. The Morgan fingerprint density at radius 1 is 1.30 bits per heavy atom. The van der Waals surface area contributed by atoms with Gasteiger partial charge in [-0.05, 0) is 36.8 Å². The van der Waals surface area contributed by atoms with E-state index in [-0.39, 0.29) is 5.56 Å². The molecule has 0 spiro atoms. The van der Waals surface area contributed by atoms with Gasteiger partial charge in [-0.2, -0.15) is 0 Å². The van der Waals surface area contributed by atoms with E-state index < -0.39 is 11.8 Å². The first-order chi connectivity index (χ1) is 9.58. The number of benzene rings is 2. The molecule has 0 atom stereocenters. The summed E-state index contributed by atoms with van der Waals surface area (Å²) in [6, 6.07) is 9.00. The first-order valence-electron chi connectivity index (χ1n) is 5.92. The maximum Gasteiger partial charge on any atom is 0.337 e. The SMILES string of the molecule is Cc1ccc(F)cc1-n1nnc2cccc(C(=O)O)c21. The van der Waals surface area contributed by atoms with Crippen LogP contribution in [0.4, 0.5) is 4.39 Å². The second-order valence-electron chi connectivity index (χ2n) is 4.41. The van der Waals surface area contributed by atoms with Crippen molar-refractivity contribution in [2.45, 2.75) is 6.92 Å². The van der Waals surface area contributed by atoms with Crippen molar-refractivity contribution in [1.82, 2.24) is 15.0 Å². The second kappa shape index (κ2) is 4.41. The summed E-state index contributed by atoms with van der Waals surface area (Å²) >= 11 is 0. The minimum Gasteiger partial charge on any atom is -0.478 e. The molecule has 5 nitrogen and oxygen atoms in total. The zero-order valence-corrected chi connectivity index (χ0v) is 10.5. The highest BCUT2D eigenvalue weighted by molar-refractivity contribution is 6.01. The molecular formula is C14H10FN3O2. The fourth-order valence-corrected chi connectivity index (χ4v) is 2.12. The van der Waals surface area contributed by atoms with E-state index in [1.165, 1.54) is 22.9 Å². The third-order valence-electron chi connectivity index (χ3n) is 3.10. The second-order valence-corrected chi connectivity index (χ2v) is 4.41. The summed E-state index contributed by atoms with van der Waals surface area (Å²) in [4.78, 5) is 11.3. The van der Waals surface area contributed by atoms with Gasteiger partial charge in [-0.25, -0.2) is 13.9 Å². The molecule has 0 radical (unpaired) electrons. The molecule has 0 aliphatic carbocycles. The first kappa shape index (κ1) is 12.3. The van der Waals surface area contributed by atoms with Crippen molar-refractivity contribution >= 4 is 17.0 Å². The van der Waals surface area contributed by atoms with Gasteiger partial charge in [-0.1, -0.05) is 17.3 Å². The molecular weight excluding hydrogens is 261 g/mol. The van der Waals surface area contributed by atoms with E-state index in [1.807, 2.05) is 0 Å². The molecule has 0 fully saturated rings. The largest absolute Gasteiger partial charge is 0.478 e. The van der Waals surface area contributed by atoms with Gasteiger partial charge in [0.2, 0.25) is 0 Å². The number of carboxylic acids is 1. The lowest BCUT2D eigenvalue weighted by Gasteiger charge is -2.07. The maximum absolute atomic E-state index is 13.4. The Morgan fingerprint density at radius 3 is 2.85 bits per heavy atom. The van der Waals surface area contributed by atoms with Crippen molar-refractivity contribution in [2.24, 2.45) is 0 Å². The molecule has 0 bridgehead atoms. The number of fused-ring (bicyclic) bond motifs is 1. The average Bonchev–Trinajstić information content (AvgIpc) is 2.85. The molecule has 0 saturated carbocycles. The molecule has 3 rings (SSSR count). The van der Waals surface area contributed by atoms with Gasteiger partial charge >= 0.3 is 5.97 Å². The van der Waals surface area contributed by atoms with Crippen molar-refractivity contribution in [3.05, 3.63) is 53.3 Å². The van der Waals surface area contributed by atoms with Gasteiger partial charge in [0, 0.05) is 0 Å². The summed E-state index contributed by atoms with van der Waals surface area (Å²) in [5.74, 6) is -1.49. The monoisotopic (exact) mass is 271 g/mol. The standard InChI is InChI=1S/C14H10FN3O2/c1-8-5-6-9(15)7-12(8)18-13-10(14(19)20)3-2-4-11(13)16-17-18/h2-7H,1H3,(H,19,20). The Labute approximate surface area is 113 Å². The van der Waals surface area contributed by atoms with Gasteiger partial charge in [0.25, 0.3) is 0 Å². The van der Waals surface area contributed by atoms with E-state index in [4.69, 9.17) is 0 Å². The zero-order chi connectivity index (χ0) is 14.3. The van der Waals surface area contributed by atoms with Crippen LogP contribution in [0, 0.1) is 12.7 Å². The molecule has 1 N–H and O–H groups in total. The van der Waals surface area contributed by atoms with Gasteiger partial charge in [0.1, 0.15) is 16.9 Å². The van der Waals surface area contributed by atoms with Crippen molar-refractivity contribution in [3.63, 3.8) is 0 Å². The van der Waals surface area contributed by atoms with Gasteiger partial charge in [-0.3, -0.25) is 0 Å². The van der Waals surface area contributed by atoms with E-state index in [9.17, 15) is 14.3 Å². The molecule has 1 heterocycles. The van der Waals surface area contributed by atoms with Crippen LogP contribution in [0.2, 0.25) is 0 Å². The van der Waals surface area contributed by atoms with Crippen LogP contribution in [0.3, 0.4) is 0 Å². The summed E-state index contributed by atoms with van der Waals surface area (Å²) < 4.78 is 14.8. The van der Waals surface area contributed by atoms with Crippen molar-refractivity contribution < 1.29 is 14.3 Å². The molecule has 6 heteroatoms. The lowest BCUT2D eigenvalue weighted by molar-refractivity contribution is 0.0698. The number of aryl methyl sites for hydroxylation is 1. The average molecular weight is 271 g/mol. The molecule has 3 aromatic rings. The topological polar surface area (TPSA) is 68.0 Å². The lowest BCUT2D eigenvalue weighted by atomic mass is 10.1. The lowest BCUT2D eigenvalue weighted by Crippen LogP contribution is -2.05. The van der Waals surface area contributed by atoms with Crippen molar-refractivity contribution in [2.75, 3.05) is 0 Å². The Morgan fingerprint density at radius 2 is 2.10 bits per heavy atom. The van der Waals surface area contributed by atoms with Crippen molar-refractivity contribution in [3.8, 4) is 5.69 Å². The van der Waals surface area contributed by atoms with E-state index >= 15 is 0 Å². The molecule has 0 saturated heterocycles. The minimum absolute atomic E-state index is 0.0798. The summed E-state index contributed by atoms with van der Waals surface area (Å²) in [6.07, 6.45) is 0. The summed E-state index contributed by atoms with van der Waals surface area (Å²) in [6.45, 7) is 1.80. The molecule has 0 amide bonds. The molecule has 100 valence electrons. The molecule has 20 heavy (non-hydrogen) atoms. The Hall–Kier alpha value is -2.76. The van der Waals surface area contributed by atoms with E-state index in [0.29, 0.717) is 16.7 Å². The molecule has 0 aliphatic heterocycles. The van der Waals surface area contributed by atoms with Gasteiger partial charge in [0.05, 0.1) is 11.3 Å². The van der Waals surface area contributed by atoms with Crippen LogP contribution in [-0.2, 0) is 0 Å². The van der Waals surface area contributed by atoms with Crippen LogP contribution < -0.4 is 0 Å². The van der Waals surface area contributed by atoms with E-state index in [0.717, 1.165) is 5.56 Å². The number of rotatable bonds is 2. The molecule has 0 aliphatic rings. The number of aromatic carboxylic acids is 1. The quantitative estimate of drug-likeness (QED) is 0.777. The van der Waals surface area contributed by atoms with Crippen molar-refractivity contribution in [1.29, 1.82) is 0 Å². The first-order valence-corrected chi connectivity index (χ1v) is 5.92. The van der Waals surface area contributed by atoms with Crippen LogP contribution in [0.1, 0.15) is 15.9 Å². The van der Waals surface area contributed by atoms with Crippen LogP contribution >= 0.6 is 0 Å². The highest BCUT2D eigenvalue weighted by atomic mass is 19.1. The number of nitrogens with zero attached hydrogens (tertiary/aromatic N) is 3. The highest BCUT2D eigenvalue weighted by Gasteiger charge is 2.16. The normalized spacial score (nSPS) is 10.9. The third kappa shape index (κ3) is 1.82. The third-order valence-corrected chi connectivity index (χ3v) is 3.10. The molecule has 2 aromatic carbocycles. The number of halogens is 1. The number of carboxylic acid groups (broad SMARTS) is 1. The van der Waals surface area contributed by atoms with Gasteiger partial charge in [-0.15, -0.1) is 5.10 Å². The predicted molar refractivity (Wildman–Crippen MR) is 70.5 cm³/mol.